The Bertz CT molecular complexity index is 1500. The van der Waals surface area contributed by atoms with Gasteiger partial charge in [0.15, 0.2) is 0 Å². The fraction of sp³-hybridized carbons (Fsp3) is 0.310. The molecule has 1 amide bonds. The molecule has 38 heavy (non-hydrogen) atoms. The lowest BCUT2D eigenvalue weighted by Gasteiger charge is -2.42. The Balaban J connectivity index is 1.56. The number of nitrogens with zero attached hydrogens (tertiary/aromatic N) is 6. The van der Waals surface area contributed by atoms with Crippen LogP contribution in [-0.2, 0) is 17.8 Å². The smallest absolute Gasteiger partial charge is 0.246 e. The molecule has 0 spiro atoms. The number of phenolic OH excluding ortho intramolecular Hbond substituents is 1. The molecular formula is C29H28N6O3. The first kappa shape index (κ1) is 24.9. The van der Waals surface area contributed by atoms with Gasteiger partial charge in [0.2, 0.25) is 11.8 Å². The van der Waals surface area contributed by atoms with Gasteiger partial charge in [0.05, 0.1) is 25.6 Å². The molecule has 0 bridgehead atoms. The number of anilines is 2. The zero-order valence-electron chi connectivity index (χ0n) is 21.2. The highest BCUT2D eigenvalue weighted by atomic mass is 16.5. The molecule has 192 valence electrons. The normalized spacial score (nSPS) is 16.9. The van der Waals surface area contributed by atoms with Gasteiger partial charge in [0.25, 0.3) is 0 Å². The standard InChI is InChI=1S/C29H28N6O3/c1-3-27(37)35-13-12-34(17-20(35)8-10-30)28-23-9-11-33(18-25(23)24(16-31)29(32-28)38-2)26-15-21(36)14-19-6-4-5-7-22(19)26/h3-7,14-15,20,36H,1,8-9,11-13,17-18H2,2H3. The molecule has 3 aromatic rings. The van der Waals surface area contributed by atoms with Gasteiger partial charge in [0.1, 0.15) is 23.2 Å². The molecule has 9 heteroatoms. The van der Waals surface area contributed by atoms with Crippen molar-refractivity contribution in [1.29, 1.82) is 10.5 Å². The molecule has 0 aliphatic carbocycles. The van der Waals surface area contributed by atoms with Crippen molar-refractivity contribution >= 4 is 28.2 Å². The Hall–Kier alpha value is -4.76. The second-order valence-electron chi connectivity index (χ2n) is 9.44. The van der Waals surface area contributed by atoms with Crippen molar-refractivity contribution < 1.29 is 14.6 Å². The summed E-state index contributed by atoms with van der Waals surface area (Å²) in [6.07, 6.45) is 2.11. The van der Waals surface area contributed by atoms with Crippen LogP contribution >= 0.6 is 0 Å². The van der Waals surface area contributed by atoms with Gasteiger partial charge in [-0.25, -0.2) is 0 Å². The number of benzene rings is 2. The minimum absolute atomic E-state index is 0.188. The SMILES string of the molecule is C=CC(=O)N1CCN(c2nc(OC)c(C#N)c3c2CCN(c2cc(O)cc4ccccc24)C3)CC1CC#N. The highest BCUT2D eigenvalue weighted by Crippen LogP contribution is 2.39. The van der Waals surface area contributed by atoms with Crippen molar-refractivity contribution in [2.75, 3.05) is 43.1 Å². The van der Waals surface area contributed by atoms with Gasteiger partial charge in [-0.05, 0) is 23.9 Å². The van der Waals surface area contributed by atoms with Crippen LogP contribution in [0.5, 0.6) is 11.6 Å². The molecular weight excluding hydrogens is 480 g/mol. The quantitative estimate of drug-likeness (QED) is 0.521. The number of hydrogen-bond acceptors (Lipinski definition) is 8. The van der Waals surface area contributed by atoms with E-state index in [0.717, 1.165) is 33.4 Å². The molecule has 1 N–H and O–H groups in total. The van der Waals surface area contributed by atoms with E-state index in [-0.39, 0.29) is 30.0 Å². The number of carbonyl (C=O) groups excluding carboxylic acids is 1. The number of rotatable bonds is 5. The van der Waals surface area contributed by atoms with Crippen LogP contribution in [0.4, 0.5) is 11.5 Å². The molecule has 2 aliphatic rings. The maximum atomic E-state index is 12.4. The fourth-order valence-corrected chi connectivity index (χ4v) is 5.59. The van der Waals surface area contributed by atoms with Gasteiger partial charge >= 0.3 is 0 Å². The summed E-state index contributed by atoms with van der Waals surface area (Å²) in [5.74, 6) is 0.981. The maximum absolute atomic E-state index is 12.4. The Morgan fingerprint density at radius 3 is 2.76 bits per heavy atom. The molecule has 0 radical (unpaired) electrons. The van der Waals surface area contributed by atoms with Gasteiger partial charge in [-0.3, -0.25) is 4.79 Å². The average molecular weight is 509 g/mol. The third-order valence-corrected chi connectivity index (χ3v) is 7.38. The van der Waals surface area contributed by atoms with Gasteiger partial charge in [-0.15, -0.1) is 0 Å². The summed E-state index contributed by atoms with van der Waals surface area (Å²) >= 11 is 0. The summed E-state index contributed by atoms with van der Waals surface area (Å²) in [7, 11) is 1.50. The topological polar surface area (TPSA) is 117 Å². The Morgan fingerprint density at radius 1 is 1.21 bits per heavy atom. The molecule has 3 heterocycles. The molecule has 2 aromatic carbocycles. The lowest BCUT2D eigenvalue weighted by molar-refractivity contribution is -0.128. The number of aromatic nitrogens is 1. The summed E-state index contributed by atoms with van der Waals surface area (Å²) in [6, 6.07) is 15.6. The van der Waals surface area contributed by atoms with E-state index < -0.39 is 0 Å². The molecule has 1 fully saturated rings. The number of methoxy groups -OCH3 is 1. The minimum atomic E-state index is -0.294. The molecule has 1 unspecified atom stereocenters. The van der Waals surface area contributed by atoms with Gasteiger partial charge in [-0.1, -0.05) is 30.8 Å². The van der Waals surface area contributed by atoms with Crippen LogP contribution in [0.1, 0.15) is 23.1 Å². The second kappa shape index (κ2) is 10.3. The van der Waals surface area contributed by atoms with E-state index in [1.807, 2.05) is 24.3 Å². The van der Waals surface area contributed by atoms with Gasteiger partial charge in [0, 0.05) is 61.0 Å². The van der Waals surface area contributed by atoms with Crippen molar-refractivity contribution in [2.24, 2.45) is 0 Å². The number of phenols is 1. The number of amides is 1. The van der Waals surface area contributed by atoms with E-state index in [1.165, 1.54) is 13.2 Å². The third-order valence-electron chi connectivity index (χ3n) is 7.38. The van der Waals surface area contributed by atoms with Crippen molar-refractivity contribution in [2.45, 2.75) is 25.4 Å². The molecule has 2 aliphatic heterocycles. The molecule has 1 saturated heterocycles. The van der Waals surface area contributed by atoms with E-state index in [4.69, 9.17) is 9.72 Å². The number of hydrogen-bond donors (Lipinski definition) is 1. The van der Waals surface area contributed by atoms with Crippen LogP contribution in [0.2, 0.25) is 0 Å². The second-order valence-corrected chi connectivity index (χ2v) is 9.44. The highest BCUT2D eigenvalue weighted by Gasteiger charge is 2.34. The number of pyridine rings is 1. The lowest BCUT2D eigenvalue weighted by atomic mass is 9.94. The maximum Gasteiger partial charge on any atom is 0.246 e. The summed E-state index contributed by atoms with van der Waals surface area (Å²) in [4.78, 5) is 23.1. The Morgan fingerprint density at radius 2 is 2.03 bits per heavy atom. The lowest BCUT2D eigenvalue weighted by Crippen LogP contribution is -2.55. The average Bonchev–Trinajstić information content (AvgIpc) is 2.95. The van der Waals surface area contributed by atoms with Gasteiger partial charge in [-0.2, -0.15) is 15.5 Å². The number of carbonyl (C=O) groups is 1. The van der Waals surface area contributed by atoms with Gasteiger partial charge < -0.3 is 24.5 Å². The van der Waals surface area contributed by atoms with E-state index in [0.29, 0.717) is 44.7 Å². The van der Waals surface area contributed by atoms with Crippen LogP contribution in [0.3, 0.4) is 0 Å². The first-order valence-corrected chi connectivity index (χ1v) is 12.5. The molecule has 0 saturated carbocycles. The van der Waals surface area contributed by atoms with Crippen molar-refractivity contribution in [3.8, 4) is 23.8 Å². The van der Waals surface area contributed by atoms with Crippen LogP contribution in [0.15, 0.2) is 49.1 Å². The zero-order valence-corrected chi connectivity index (χ0v) is 21.2. The Labute approximate surface area is 221 Å². The number of fused-ring (bicyclic) bond motifs is 2. The van der Waals surface area contributed by atoms with Crippen LogP contribution in [-0.4, -0.2) is 60.2 Å². The zero-order chi connectivity index (χ0) is 26.8. The molecule has 5 rings (SSSR count). The van der Waals surface area contributed by atoms with Crippen molar-refractivity contribution in [3.05, 3.63) is 65.7 Å². The first-order chi connectivity index (χ1) is 18.5. The first-order valence-electron chi connectivity index (χ1n) is 12.5. The monoisotopic (exact) mass is 508 g/mol. The fourth-order valence-electron chi connectivity index (χ4n) is 5.59. The van der Waals surface area contributed by atoms with Crippen LogP contribution in [0, 0.1) is 22.7 Å². The Kier molecular flexibility index (Phi) is 6.76. The van der Waals surface area contributed by atoms with E-state index in [2.05, 4.69) is 28.5 Å². The van der Waals surface area contributed by atoms with E-state index in [9.17, 15) is 20.4 Å². The largest absolute Gasteiger partial charge is 0.508 e. The molecule has 1 atom stereocenters. The molecule has 1 aromatic heterocycles. The minimum Gasteiger partial charge on any atom is -0.508 e. The molecule has 9 nitrogen and oxygen atoms in total. The number of nitriles is 2. The number of aromatic hydroxyl groups is 1. The summed E-state index contributed by atoms with van der Waals surface area (Å²) in [5.41, 5.74) is 3.12. The predicted octanol–water partition coefficient (Wildman–Crippen LogP) is 3.50. The summed E-state index contributed by atoms with van der Waals surface area (Å²) in [5, 5.41) is 31.9. The van der Waals surface area contributed by atoms with E-state index in [1.54, 1.807) is 17.0 Å². The van der Waals surface area contributed by atoms with E-state index >= 15 is 0 Å². The summed E-state index contributed by atoms with van der Waals surface area (Å²) in [6.45, 7) is 6.15. The predicted molar refractivity (Wildman–Crippen MR) is 144 cm³/mol. The number of piperazine rings is 1. The third kappa shape index (κ3) is 4.33. The van der Waals surface area contributed by atoms with Crippen LogP contribution in [0.25, 0.3) is 10.8 Å². The number of ether oxygens (including phenoxy) is 1. The summed E-state index contributed by atoms with van der Waals surface area (Å²) < 4.78 is 5.57. The highest BCUT2D eigenvalue weighted by molar-refractivity contribution is 5.96. The van der Waals surface area contributed by atoms with Crippen LogP contribution < -0.4 is 14.5 Å². The van der Waals surface area contributed by atoms with Crippen molar-refractivity contribution in [1.82, 2.24) is 9.88 Å². The van der Waals surface area contributed by atoms with Crippen molar-refractivity contribution in [3.63, 3.8) is 0 Å².